The number of piperidine rings is 1. The Bertz CT molecular complexity index is 703. The molecule has 160 valence electrons. The number of carbonyl (C=O) groups excluding carboxylic acids is 2. The highest BCUT2D eigenvalue weighted by Crippen LogP contribution is 2.44. The lowest BCUT2D eigenvalue weighted by Gasteiger charge is -2.32. The molecule has 7 heteroatoms. The second-order valence-corrected chi connectivity index (χ2v) is 8.41. The van der Waals surface area contributed by atoms with Crippen molar-refractivity contribution in [3.05, 3.63) is 23.8 Å². The molecular weight excluding hydrogens is 370 g/mol. The maximum atomic E-state index is 12.5. The number of hydrogen-bond donors (Lipinski definition) is 2. The van der Waals surface area contributed by atoms with E-state index in [4.69, 9.17) is 9.47 Å². The minimum Gasteiger partial charge on any atom is -0.497 e. The molecule has 0 atom stereocenters. The fourth-order valence-corrected chi connectivity index (χ4v) is 3.65. The molecule has 1 aromatic rings. The quantitative estimate of drug-likeness (QED) is 0.660. The van der Waals surface area contributed by atoms with Crippen molar-refractivity contribution >= 4 is 11.8 Å². The molecule has 2 fully saturated rings. The van der Waals surface area contributed by atoms with Gasteiger partial charge in [-0.05, 0) is 56.8 Å². The van der Waals surface area contributed by atoms with Crippen molar-refractivity contribution in [1.82, 2.24) is 15.5 Å². The predicted molar refractivity (Wildman–Crippen MR) is 111 cm³/mol. The highest BCUT2D eigenvalue weighted by molar-refractivity contribution is 5.95. The molecule has 1 heterocycles. The molecule has 7 nitrogen and oxygen atoms in total. The van der Waals surface area contributed by atoms with E-state index in [1.54, 1.807) is 32.4 Å². The zero-order chi connectivity index (χ0) is 20.9. The van der Waals surface area contributed by atoms with Gasteiger partial charge in [-0.3, -0.25) is 9.59 Å². The minimum atomic E-state index is -0.110. The monoisotopic (exact) mass is 403 g/mol. The lowest BCUT2D eigenvalue weighted by atomic mass is 9.96. The molecule has 1 saturated carbocycles. The van der Waals surface area contributed by atoms with Crippen LogP contribution in [0.4, 0.5) is 0 Å². The molecule has 0 unspecified atom stereocenters. The van der Waals surface area contributed by atoms with Crippen LogP contribution in [-0.4, -0.2) is 63.7 Å². The van der Waals surface area contributed by atoms with Gasteiger partial charge in [0.2, 0.25) is 5.91 Å². The average molecular weight is 404 g/mol. The molecule has 1 aliphatic carbocycles. The topological polar surface area (TPSA) is 79.9 Å². The van der Waals surface area contributed by atoms with Crippen molar-refractivity contribution in [2.24, 2.45) is 11.3 Å². The molecule has 2 amide bonds. The first-order valence-corrected chi connectivity index (χ1v) is 10.5. The maximum absolute atomic E-state index is 12.5. The third-order valence-electron chi connectivity index (χ3n) is 6.13. The van der Waals surface area contributed by atoms with E-state index in [-0.39, 0.29) is 17.2 Å². The zero-order valence-corrected chi connectivity index (χ0v) is 17.8. The average Bonchev–Trinajstić information content (AvgIpc) is 3.51. The molecule has 0 spiro atoms. The summed E-state index contributed by atoms with van der Waals surface area (Å²) in [5.74, 6) is 1.77. The van der Waals surface area contributed by atoms with Crippen LogP contribution < -0.4 is 20.1 Å². The summed E-state index contributed by atoms with van der Waals surface area (Å²) in [7, 11) is 3.14. The number of rotatable bonds is 9. The van der Waals surface area contributed by atoms with Gasteiger partial charge in [-0.2, -0.15) is 0 Å². The van der Waals surface area contributed by atoms with E-state index in [1.807, 2.05) is 6.92 Å². The van der Waals surface area contributed by atoms with Gasteiger partial charge in [0.25, 0.3) is 5.91 Å². The Kier molecular flexibility index (Phi) is 7.00. The van der Waals surface area contributed by atoms with Gasteiger partial charge < -0.3 is 25.0 Å². The number of carbonyl (C=O) groups is 2. The lowest BCUT2D eigenvalue weighted by Crippen LogP contribution is -2.42. The number of likely N-dealkylation sites (tertiary alicyclic amines) is 1. The first kappa shape index (κ1) is 21.4. The SMILES string of the molecule is COc1cc(OC)cc(C(=O)NCC2CCN(CCNC(=O)C3(C)CC3)CC2)c1. The van der Waals surface area contributed by atoms with E-state index in [0.29, 0.717) is 36.1 Å². The van der Waals surface area contributed by atoms with Gasteiger partial charge in [0.05, 0.1) is 14.2 Å². The van der Waals surface area contributed by atoms with Gasteiger partial charge >= 0.3 is 0 Å². The molecule has 0 bridgehead atoms. The first-order chi connectivity index (χ1) is 13.9. The van der Waals surface area contributed by atoms with Crippen LogP contribution in [0.1, 0.15) is 43.0 Å². The van der Waals surface area contributed by atoms with E-state index in [9.17, 15) is 9.59 Å². The molecule has 29 heavy (non-hydrogen) atoms. The van der Waals surface area contributed by atoms with E-state index >= 15 is 0 Å². The van der Waals surface area contributed by atoms with Crippen molar-refractivity contribution in [1.29, 1.82) is 0 Å². The number of hydrogen-bond acceptors (Lipinski definition) is 5. The summed E-state index contributed by atoms with van der Waals surface area (Å²) >= 11 is 0. The van der Waals surface area contributed by atoms with Crippen LogP contribution in [0.2, 0.25) is 0 Å². The summed E-state index contributed by atoms with van der Waals surface area (Å²) in [5.41, 5.74) is 0.441. The van der Waals surface area contributed by atoms with Crippen molar-refractivity contribution in [2.75, 3.05) is 46.9 Å². The minimum absolute atomic E-state index is 0.0992. The van der Waals surface area contributed by atoms with Crippen molar-refractivity contribution in [3.63, 3.8) is 0 Å². The van der Waals surface area contributed by atoms with Crippen molar-refractivity contribution < 1.29 is 19.1 Å². The Morgan fingerprint density at radius 1 is 1.07 bits per heavy atom. The van der Waals surface area contributed by atoms with E-state index in [2.05, 4.69) is 15.5 Å². The molecule has 0 radical (unpaired) electrons. The molecule has 2 aliphatic rings. The predicted octanol–water partition coefficient (Wildman–Crippen LogP) is 2.06. The van der Waals surface area contributed by atoms with Gasteiger partial charge in [0, 0.05) is 36.7 Å². The standard InChI is InChI=1S/C22H33N3O4/c1-22(6-7-22)21(27)23-8-11-25-9-4-16(5-10-25)15-24-20(26)17-12-18(28-2)14-19(13-17)29-3/h12-14,16H,4-11,15H2,1-3H3,(H,23,27)(H,24,26). The van der Waals surface area contributed by atoms with Crippen LogP contribution >= 0.6 is 0 Å². The summed E-state index contributed by atoms with van der Waals surface area (Å²) in [6.45, 7) is 6.31. The fourth-order valence-electron chi connectivity index (χ4n) is 3.65. The number of amides is 2. The van der Waals surface area contributed by atoms with Crippen LogP contribution in [0.5, 0.6) is 11.5 Å². The molecule has 1 aliphatic heterocycles. The maximum Gasteiger partial charge on any atom is 0.251 e. The Balaban J connectivity index is 1.36. The van der Waals surface area contributed by atoms with E-state index in [0.717, 1.165) is 45.3 Å². The van der Waals surface area contributed by atoms with Crippen LogP contribution in [0, 0.1) is 11.3 Å². The van der Waals surface area contributed by atoms with Gasteiger partial charge in [-0.25, -0.2) is 0 Å². The molecule has 1 saturated heterocycles. The van der Waals surface area contributed by atoms with Crippen molar-refractivity contribution in [2.45, 2.75) is 32.6 Å². The lowest BCUT2D eigenvalue weighted by molar-refractivity contribution is -0.125. The normalized spacial score (nSPS) is 18.7. The highest BCUT2D eigenvalue weighted by atomic mass is 16.5. The number of methoxy groups -OCH3 is 2. The number of ether oxygens (including phenoxy) is 2. The van der Waals surface area contributed by atoms with E-state index < -0.39 is 0 Å². The fraction of sp³-hybridized carbons (Fsp3) is 0.636. The number of nitrogens with zero attached hydrogens (tertiary/aromatic N) is 1. The zero-order valence-electron chi connectivity index (χ0n) is 17.8. The summed E-state index contributed by atoms with van der Waals surface area (Å²) in [6, 6.07) is 5.19. The molecular formula is C22H33N3O4. The highest BCUT2D eigenvalue weighted by Gasteiger charge is 2.44. The summed E-state index contributed by atoms with van der Waals surface area (Å²) in [4.78, 5) is 26.9. The molecule has 2 N–H and O–H groups in total. The van der Waals surface area contributed by atoms with Crippen LogP contribution in [0.25, 0.3) is 0 Å². The third-order valence-corrected chi connectivity index (χ3v) is 6.13. The largest absolute Gasteiger partial charge is 0.497 e. The second kappa shape index (κ2) is 9.48. The third kappa shape index (κ3) is 5.85. The summed E-state index contributed by atoms with van der Waals surface area (Å²) in [5, 5.41) is 6.10. The smallest absolute Gasteiger partial charge is 0.251 e. The van der Waals surface area contributed by atoms with Crippen LogP contribution in [0.15, 0.2) is 18.2 Å². The molecule has 1 aromatic carbocycles. The van der Waals surface area contributed by atoms with Gasteiger partial charge in [-0.1, -0.05) is 6.92 Å². The van der Waals surface area contributed by atoms with Gasteiger partial charge in [0.15, 0.2) is 0 Å². The Hall–Kier alpha value is -2.28. The van der Waals surface area contributed by atoms with Crippen LogP contribution in [0.3, 0.4) is 0 Å². The summed E-state index contributed by atoms with van der Waals surface area (Å²) in [6.07, 6.45) is 4.12. The van der Waals surface area contributed by atoms with Gasteiger partial charge in [0.1, 0.15) is 11.5 Å². The Morgan fingerprint density at radius 3 is 2.24 bits per heavy atom. The first-order valence-electron chi connectivity index (χ1n) is 10.5. The van der Waals surface area contributed by atoms with Gasteiger partial charge in [-0.15, -0.1) is 0 Å². The van der Waals surface area contributed by atoms with Crippen LogP contribution in [-0.2, 0) is 4.79 Å². The van der Waals surface area contributed by atoms with E-state index in [1.165, 1.54) is 0 Å². The molecule has 0 aromatic heterocycles. The number of benzene rings is 1. The van der Waals surface area contributed by atoms with Crippen molar-refractivity contribution in [3.8, 4) is 11.5 Å². The Labute approximate surface area is 173 Å². The Morgan fingerprint density at radius 2 is 1.69 bits per heavy atom. The number of nitrogens with one attached hydrogen (secondary N) is 2. The second-order valence-electron chi connectivity index (χ2n) is 8.41. The molecule has 3 rings (SSSR count). The summed E-state index contributed by atoms with van der Waals surface area (Å²) < 4.78 is 10.5.